The Kier molecular flexibility index (Phi) is 6.63. The summed E-state index contributed by atoms with van der Waals surface area (Å²) in [7, 11) is 3.25. The number of nitrogens with zero attached hydrogens (tertiary/aromatic N) is 2. The van der Waals surface area contributed by atoms with Gasteiger partial charge in [-0.3, -0.25) is 0 Å². The van der Waals surface area contributed by atoms with E-state index in [1.54, 1.807) is 14.2 Å². The standard InChI is InChI=1S/C17H22ClN3O3/c1-5-24-11(2)14-9-16(20-21-17(14)18)19-10-12-6-7-13(22-3)8-15(12)23-4/h6-9,11H,5,10H2,1-4H3,(H,19,20). The topological polar surface area (TPSA) is 65.5 Å². The molecule has 6 nitrogen and oxygen atoms in total. The van der Waals surface area contributed by atoms with Gasteiger partial charge in [0, 0.05) is 30.3 Å². The van der Waals surface area contributed by atoms with Gasteiger partial charge in [-0.15, -0.1) is 10.2 Å². The van der Waals surface area contributed by atoms with Gasteiger partial charge in [0.1, 0.15) is 17.3 Å². The molecule has 7 heteroatoms. The van der Waals surface area contributed by atoms with E-state index >= 15 is 0 Å². The van der Waals surface area contributed by atoms with Crippen molar-refractivity contribution in [2.24, 2.45) is 0 Å². The second-order valence-corrected chi connectivity index (χ2v) is 5.46. The molecule has 0 bridgehead atoms. The summed E-state index contributed by atoms with van der Waals surface area (Å²) in [6.45, 7) is 5.01. The van der Waals surface area contributed by atoms with E-state index < -0.39 is 0 Å². The van der Waals surface area contributed by atoms with Crippen molar-refractivity contribution in [3.63, 3.8) is 0 Å². The van der Waals surface area contributed by atoms with E-state index in [0.717, 1.165) is 22.6 Å². The van der Waals surface area contributed by atoms with Gasteiger partial charge in [-0.2, -0.15) is 0 Å². The maximum Gasteiger partial charge on any atom is 0.157 e. The van der Waals surface area contributed by atoms with Crippen molar-refractivity contribution < 1.29 is 14.2 Å². The van der Waals surface area contributed by atoms with E-state index in [-0.39, 0.29) is 6.10 Å². The van der Waals surface area contributed by atoms with Crippen LogP contribution in [0, 0.1) is 0 Å². The van der Waals surface area contributed by atoms with E-state index in [9.17, 15) is 0 Å². The van der Waals surface area contributed by atoms with Crippen molar-refractivity contribution in [1.82, 2.24) is 10.2 Å². The van der Waals surface area contributed by atoms with Crippen molar-refractivity contribution in [3.05, 3.63) is 40.5 Å². The van der Waals surface area contributed by atoms with Crippen molar-refractivity contribution in [2.75, 3.05) is 26.1 Å². The quantitative estimate of drug-likeness (QED) is 0.779. The molecule has 0 radical (unpaired) electrons. The van der Waals surface area contributed by atoms with Gasteiger partial charge < -0.3 is 19.5 Å². The molecule has 1 aromatic carbocycles. The monoisotopic (exact) mass is 351 g/mol. The molecule has 0 aliphatic heterocycles. The number of anilines is 1. The Morgan fingerprint density at radius 2 is 1.96 bits per heavy atom. The number of rotatable bonds is 8. The lowest BCUT2D eigenvalue weighted by molar-refractivity contribution is 0.0762. The number of hydrogen-bond donors (Lipinski definition) is 1. The first-order valence-corrected chi connectivity index (χ1v) is 8.06. The highest BCUT2D eigenvalue weighted by Crippen LogP contribution is 2.27. The number of benzene rings is 1. The SMILES string of the molecule is CCOC(C)c1cc(NCc2ccc(OC)cc2OC)nnc1Cl. The number of aromatic nitrogens is 2. The minimum Gasteiger partial charge on any atom is -0.497 e. The summed E-state index contributed by atoms with van der Waals surface area (Å²) < 4.78 is 16.2. The van der Waals surface area contributed by atoms with Gasteiger partial charge in [-0.1, -0.05) is 11.6 Å². The molecule has 1 N–H and O–H groups in total. The van der Waals surface area contributed by atoms with E-state index in [2.05, 4.69) is 15.5 Å². The molecule has 1 heterocycles. The fourth-order valence-corrected chi connectivity index (χ4v) is 2.53. The van der Waals surface area contributed by atoms with Gasteiger partial charge >= 0.3 is 0 Å². The van der Waals surface area contributed by atoms with E-state index in [4.69, 9.17) is 25.8 Å². The molecule has 1 atom stereocenters. The molecular formula is C17H22ClN3O3. The first-order valence-electron chi connectivity index (χ1n) is 7.68. The van der Waals surface area contributed by atoms with Crippen molar-refractivity contribution >= 4 is 17.4 Å². The second kappa shape index (κ2) is 8.70. The Labute approximate surface area is 147 Å². The zero-order valence-electron chi connectivity index (χ0n) is 14.3. The Morgan fingerprint density at radius 3 is 2.62 bits per heavy atom. The molecule has 0 fully saturated rings. The summed E-state index contributed by atoms with van der Waals surface area (Å²) >= 11 is 6.11. The molecule has 24 heavy (non-hydrogen) atoms. The maximum absolute atomic E-state index is 6.11. The predicted molar refractivity (Wildman–Crippen MR) is 94.0 cm³/mol. The van der Waals surface area contributed by atoms with Crippen LogP contribution in [0.4, 0.5) is 5.82 Å². The Balaban J connectivity index is 2.13. The molecule has 0 aliphatic rings. The molecule has 0 saturated heterocycles. The first kappa shape index (κ1) is 18.3. The number of halogens is 1. The molecule has 0 saturated carbocycles. The second-order valence-electron chi connectivity index (χ2n) is 5.10. The molecule has 130 valence electrons. The maximum atomic E-state index is 6.11. The Bertz CT molecular complexity index is 682. The lowest BCUT2D eigenvalue weighted by Crippen LogP contribution is -2.07. The smallest absolute Gasteiger partial charge is 0.157 e. The van der Waals surface area contributed by atoms with Crippen LogP contribution >= 0.6 is 11.6 Å². The van der Waals surface area contributed by atoms with Gasteiger partial charge in [0.2, 0.25) is 0 Å². The third-order valence-electron chi connectivity index (χ3n) is 3.58. The summed E-state index contributed by atoms with van der Waals surface area (Å²) in [6.07, 6.45) is -0.144. The highest BCUT2D eigenvalue weighted by Gasteiger charge is 2.13. The van der Waals surface area contributed by atoms with Crippen LogP contribution in [-0.4, -0.2) is 31.0 Å². The largest absolute Gasteiger partial charge is 0.497 e. The number of hydrogen-bond acceptors (Lipinski definition) is 6. The van der Waals surface area contributed by atoms with Crippen molar-refractivity contribution in [3.8, 4) is 11.5 Å². The highest BCUT2D eigenvalue weighted by molar-refractivity contribution is 6.30. The molecule has 0 spiro atoms. The van der Waals surface area contributed by atoms with Crippen LogP contribution in [0.5, 0.6) is 11.5 Å². The summed E-state index contributed by atoms with van der Waals surface area (Å²) in [5, 5.41) is 11.6. The van der Waals surface area contributed by atoms with Crippen LogP contribution in [-0.2, 0) is 11.3 Å². The van der Waals surface area contributed by atoms with E-state index in [1.807, 2.05) is 38.1 Å². The van der Waals surface area contributed by atoms with Crippen LogP contribution in [0.3, 0.4) is 0 Å². The summed E-state index contributed by atoms with van der Waals surface area (Å²) in [6, 6.07) is 7.52. The van der Waals surface area contributed by atoms with Crippen LogP contribution in [0.2, 0.25) is 5.15 Å². The average Bonchev–Trinajstić information content (AvgIpc) is 2.61. The molecule has 2 aromatic rings. The lowest BCUT2D eigenvalue weighted by Gasteiger charge is -2.15. The first-order chi connectivity index (χ1) is 11.6. The Hall–Kier alpha value is -2.05. The predicted octanol–water partition coefficient (Wildman–Crippen LogP) is 3.86. The lowest BCUT2D eigenvalue weighted by atomic mass is 10.1. The molecule has 2 rings (SSSR count). The molecule has 0 aliphatic carbocycles. The zero-order chi connectivity index (χ0) is 17.5. The van der Waals surface area contributed by atoms with Gasteiger partial charge in [-0.05, 0) is 32.0 Å². The molecule has 0 amide bonds. The van der Waals surface area contributed by atoms with Gasteiger partial charge in [-0.25, -0.2) is 0 Å². The third kappa shape index (κ3) is 4.49. The van der Waals surface area contributed by atoms with Crippen LogP contribution < -0.4 is 14.8 Å². The van der Waals surface area contributed by atoms with Crippen LogP contribution in [0.25, 0.3) is 0 Å². The normalized spacial score (nSPS) is 11.9. The fourth-order valence-electron chi connectivity index (χ4n) is 2.29. The number of nitrogens with one attached hydrogen (secondary N) is 1. The zero-order valence-corrected chi connectivity index (χ0v) is 15.1. The van der Waals surface area contributed by atoms with Gasteiger partial charge in [0.25, 0.3) is 0 Å². The summed E-state index contributed by atoms with van der Waals surface area (Å²) in [4.78, 5) is 0. The van der Waals surface area contributed by atoms with E-state index in [0.29, 0.717) is 24.1 Å². The van der Waals surface area contributed by atoms with Crippen molar-refractivity contribution in [2.45, 2.75) is 26.5 Å². The van der Waals surface area contributed by atoms with Gasteiger partial charge in [0.15, 0.2) is 5.15 Å². The summed E-state index contributed by atoms with van der Waals surface area (Å²) in [5.41, 5.74) is 1.78. The minimum atomic E-state index is -0.144. The van der Waals surface area contributed by atoms with Crippen LogP contribution in [0.1, 0.15) is 31.1 Å². The Morgan fingerprint density at radius 1 is 1.17 bits per heavy atom. The minimum absolute atomic E-state index is 0.144. The molecule has 1 aromatic heterocycles. The highest BCUT2D eigenvalue weighted by atomic mass is 35.5. The van der Waals surface area contributed by atoms with Crippen LogP contribution in [0.15, 0.2) is 24.3 Å². The third-order valence-corrected chi connectivity index (χ3v) is 3.88. The van der Waals surface area contributed by atoms with E-state index in [1.165, 1.54) is 0 Å². The van der Waals surface area contributed by atoms with Crippen molar-refractivity contribution in [1.29, 1.82) is 0 Å². The average molecular weight is 352 g/mol. The number of ether oxygens (including phenoxy) is 3. The number of methoxy groups -OCH3 is 2. The fraction of sp³-hybridized carbons (Fsp3) is 0.412. The molecule has 1 unspecified atom stereocenters. The molecular weight excluding hydrogens is 330 g/mol. The summed E-state index contributed by atoms with van der Waals surface area (Å²) in [5.74, 6) is 2.11. The van der Waals surface area contributed by atoms with Gasteiger partial charge in [0.05, 0.1) is 20.3 Å².